The lowest BCUT2D eigenvalue weighted by Gasteiger charge is -2.25. The molecular formula is C17H20N2O2. The molecule has 2 heterocycles. The highest BCUT2D eigenvalue weighted by Crippen LogP contribution is 2.33. The van der Waals surface area contributed by atoms with Gasteiger partial charge in [-0.15, -0.1) is 0 Å². The first kappa shape index (κ1) is 13.9. The molecule has 0 spiro atoms. The van der Waals surface area contributed by atoms with E-state index in [9.17, 15) is 0 Å². The average molecular weight is 284 g/mol. The Balaban J connectivity index is 1.63. The van der Waals surface area contributed by atoms with Gasteiger partial charge in [0.2, 0.25) is 0 Å². The van der Waals surface area contributed by atoms with Crippen molar-refractivity contribution in [1.82, 2.24) is 4.98 Å². The van der Waals surface area contributed by atoms with Crippen LogP contribution in [0.2, 0.25) is 0 Å². The maximum Gasteiger partial charge on any atom is 0.137 e. The predicted octanol–water partition coefficient (Wildman–Crippen LogP) is 2.53. The van der Waals surface area contributed by atoms with Gasteiger partial charge < -0.3 is 15.2 Å². The van der Waals surface area contributed by atoms with Crippen molar-refractivity contribution in [2.45, 2.75) is 18.8 Å². The Kier molecular flexibility index (Phi) is 4.36. The molecule has 110 valence electrons. The first-order valence-electron chi connectivity index (χ1n) is 7.36. The Morgan fingerprint density at radius 3 is 2.95 bits per heavy atom. The summed E-state index contributed by atoms with van der Waals surface area (Å²) in [5, 5.41) is 0. The SMILES string of the molecule is NCCc1ccc(OCC2CCOc3ccccc32)cn1. The van der Waals surface area contributed by atoms with E-state index in [-0.39, 0.29) is 0 Å². The number of ether oxygens (including phenoxy) is 2. The van der Waals surface area contributed by atoms with Crippen molar-refractivity contribution in [1.29, 1.82) is 0 Å². The number of aromatic nitrogens is 1. The van der Waals surface area contributed by atoms with E-state index in [1.54, 1.807) is 6.20 Å². The molecule has 0 fully saturated rings. The molecule has 2 N–H and O–H groups in total. The van der Waals surface area contributed by atoms with Crippen LogP contribution >= 0.6 is 0 Å². The Labute approximate surface area is 124 Å². The van der Waals surface area contributed by atoms with Crippen molar-refractivity contribution >= 4 is 0 Å². The van der Waals surface area contributed by atoms with Gasteiger partial charge >= 0.3 is 0 Å². The largest absolute Gasteiger partial charge is 0.493 e. The summed E-state index contributed by atoms with van der Waals surface area (Å²) >= 11 is 0. The molecule has 0 amide bonds. The molecule has 0 aliphatic carbocycles. The van der Waals surface area contributed by atoms with Crippen molar-refractivity contribution in [2.75, 3.05) is 19.8 Å². The van der Waals surface area contributed by atoms with E-state index in [0.29, 0.717) is 19.1 Å². The zero-order valence-corrected chi connectivity index (χ0v) is 12.0. The molecule has 0 radical (unpaired) electrons. The second kappa shape index (κ2) is 6.59. The quantitative estimate of drug-likeness (QED) is 0.916. The number of hydrogen-bond acceptors (Lipinski definition) is 4. The van der Waals surface area contributed by atoms with Crippen LogP contribution in [0.4, 0.5) is 0 Å². The smallest absolute Gasteiger partial charge is 0.137 e. The number of benzene rings is 1. The van der Waals surface area contributed by atoms with Gasteiger partial charge in [0, 0.05) is 23.6 Å². The van der Waals surface area contributed by atoms with Gasteiger partial charge in [-0.1, -0.05) is 18.2 Å². The molecule has 4 heteroatoms. The average Bonchev–Trinajstić information content (AvgIpc) is 2.54. The predicted molar refractivity (Wildman–Crippen MR) is 81.8 cm³/mol. The molecule has 2 aromatic rings. The Morgan fingerprint density at radius 2 is 2.14 bits per heavy atom. The van der Waals surface area contributed by atoms with Gasteiger partial charge in [0.15, 0.2) is 0 Å². The number of nitrogens with zero attached hydrogens (tertiary/aromatic N) is 1. The van der Waals surface area contributed by atoms with Gasteiger partial charge in [-0.05, 0) is 31.2 Å². The van der Waals surface area contributed by atoms with Gasteiger partial charge in [0.05, 0.1) is 19.4 Å². The number of rotatable bonds is 5. The summed E-state index contributed by atoms with van der Waals surface area (Å²) < 4.78 is 11.6. The van der Waals surface area contributed by atoms with Gasteiger partial charge in [0.1, 0.15) is 11.5 Å². The van der Waals surface area contributed by atoms with E-state index in [1.807, 2.05) is 30.3 Å². The Morgan fingerprint density at radius 1 is 1.24 bits per heavy atom. The fourth-order valence-electron chi connectivity index (χ4n) is 2.58. The zero-order valence-electron chi connectivity index (χ0n) is 12.0. The van der Waals surface area contributed by atoms with E-state index >= 15 is 0 Å². The van der Waals surface area contributed by atoms with E-state index in [2.05, 4.69) is 11.1 Å². The van der Waals surface area contributed by atoms with Crippen LogP contribution in [0.3, 0.4) is 0 Å². The van der Waals surface area contributed by atoms with Gasteiger partial charge in [-0.3, -0.25) is 4.98 Å². The van der Waals surface area contributed by atoms with Crippen LogP contribution in [0.15, 0.2) is 42.6 Å². The third-order valence-electron chi connectivity index (χ3n) is 3.73. The molecule has 1 aromatic carbocycles. The van der Waals surface area contributed by atoms with Crippen molar-refractivity contribution < 1.29 is 9.47 Å². The molecule has 21 heavy (non-hydrogen) atoms. The van der Waals surface area contributed by atoms with Crippen LogP contribution in [0.25, 0.3) is 0 Å². The number of pyridine rings is 1. The van der Waals surface area contributed by atoms with Crippen LogP contribution < -0.4 is 15.2 Å². The van der Waals surface area contributed by atoms with Crippen molar-refractivity contribution in [2.24, 2.45) is 5.73 Å². The summed E-state index contributed by atoms with van der Waals surface area (Å²) in [5.74, 6) is 2.16. The molecule has 4 nitrogen and oxygen atoms in total. The summed E-state index contributed by atoms with van der Waals surface area (Å²) in [5.41, 5.74) is 7.75. The highest BCUT2D eigenvalue weighted by molar-refractivity contribution is 5.38. The molecule has 1 aliphatic heterocycles. The molecule has 1 atom stereocenters. The normalized spacial score (nSPS) is 16.9. The van der Waals surface area contributed by atoms with Crippen LogP contribution in [-0.2, 0) is 6.42 Å². The standard InChI is InChI=1S/C17H20N2O2/c18-9-7-14-5-6-15(11-19-14)21-12-13-8-10-20-17-4-2-1-3-16(13)17/h1-6,11,13H,7-10,12,18H2. The number of fused-ring (bicyclic) bond motifs is 1. The van der Waals surface area contributed by atoms with Crippen LogP contribution in [0, 0.1) is 0 Å². The Bertz CT molecular complexity index is 584. The second-order valence-corrected chi connectivity index (χ2v) is 5.21. The highest BCUT2D eigenvalue weighted by atomic mass is 16.5. The van der Waals surface area contributed by atoms with Crippen LogP contribution in [0.5, 0.6) is 11.5 Å². The lowest BCUT2D eigenvalue weighted by molar-refractivity contribution is 0.217. The number of para-hydroxylation sites is 1. The highest BCUT2D eigenvalue weighted by Gasteiger charge is 2.21. The topological polar surface area (TPSA) is 57.4 Å². The monoisotopic (exact) mass is 284 g/mol. The minimum atomic E-state index is 0.374. The van der Waals surface area contributed by atoms with Crippen molar-refractivity contribution in [3.63, 3.8) is 0 Å². The number of hydrogen-bond donors (Lipinski definition) is 1. The summed E-state index contributed by atoms with van der Waals surface area (Å²) in [6.07, 6.45) is 3.56. The molecule has 1 aromatic heterocycles. The molecule has 1 aliphatic rings. The van der Waals surface area contributed by atoms with E-state index in [1.165, 1.54) is 5.56 Å². The van der Waals surface area contributed by atoms with E-state index in [0.717, 1.165) is 36.6 Å². The van der Waals surface area contributed by atoms with Gasteiger partial charge in [-0.25, -0.2) is 0 Å². The van der Waals surface area contributed by atoms with E-state index in [4.69, 9.17) is 15.2 Å². The van der Waals surface area contributed by atoms with Crippen LogP contribution in [-0.4, -0.2) is 24.7 Å². The first-order chi connectivity index (χ1) is 10.4. The second-order valence-electron chi connectivity index (χ2n) is 5.21. The first-order valence-corrected chi connectivity index (χ1v) is 7.36. The summed E-state index contributed by atoms with van der Waals surface area (Å²) in [6, 6.07) is 12.1. The van der Waals surface area contributed by atoms with E-state index < -0.39 is 0 Å². The molecule has 0 saturated heterocycles. The minimum Gasteiger partial charge on any atom is -0.493 e. The minimum absolute atomic E-state index is 0.374. The zero-order chi connectivity index (χ0) is 14.5. The molecule has 0 saturated carbocycles. The Hall–Kier alpha value is -2.07. The number of nitrogens with two attached hydrogens (primary N) is 1. The fraction of sp³-hybridized carbons (Fsp3) is 0.353. The lowest BCUT2D eigenvalue weighted by Crippen LogP contribution is -2.19. The maximum absolute atomic E-state index is 5.89. The molecule has 1 unspecified atom stereocenters. The third-order valence-corrected chi connectivity index (χ3v) is 3.73. The van der Waals surface area contributed by atoms with Crippen molar-refractivity contribution in [3.05, 3.63) is 53.9 Å². The van der Waals surface area contributed by atoms with Crippen molar-refractivity contribution in [3.8, 4) is 11.5 Å². The van der Waals surface area contributed by atoms with Crippen LogP contribution in [0.1, 0.15) is 23.6 Å². The summed E-state index contributed by atoms with van der Waals surface area (Å²) in [7, 11) is 0. The molecule has 3 rings (SSSR count). The molecule has 0 bridgehead atoms. The lowest BCUT2D eigenvalue weighted by atomic mass is 9.94. The molecular weight excluding hydrogens is 264 g/mol. The fourth-order valence-corrected chi connectivity index (χ4v) is 2.58. The van der Waals surface area contributed by atoms with Gasteiger partial charge in [0.25, 0.3) is 0 Å². The van der Waals surface area contributed by atoms with Gasteiger partial charge in [-0.2, -0.15) is 0 Å². The summed E-state index contributed by atoms with van der Waals surface area (Å²) in [4.78, 5) is 4.35. The summed E-state index contributed by atoms with van der Waals surface area (Å²) in [6.45, 7) is 2.02. The maximum atomic E-state index is 5.89. The third kappa shape index (κ3) is 3.34.